The Morgan fingerprint density at radius 1 is 1.33 bits per heavy atom. The summed E-state index contributed by atoms with van der Waals surface area (Å²) in [5, 5.41) is 4.62. The number of allylic oxidation sites excluding steroid dienone is 2. The van der Waals surface area contributed by atoms with E-state index in [1.54, 1.807) is 31.2 Å². The lowest BCUT2D eigenvalue weighted by Crippen LogP contribution is -2.32. The number of halogens is 3. The van der Waals surface area contributed by atoms with E-state index < -0.39 is 12.1 Å². The summed E-state index contributed by atoms with van der Waals surface area (Å²) >= 11 is 0. The SMILES string of the molecule is C/C=C/CCC(=O)N(OC)C(C)c1ccc(-c2noc(C(F)(F)F)n2)cc1. The molecule has 0 radical (unpaired) electrons. The molecule has 27 heavy (non-hydrogen) atoms. The van der Waals surface area contributed by atoms with E-state index in [1.807, 2.05) is 19.1 Å². The van der Waals surface area contributed by atoms with Crippen LogP contribution in [0.25, 0.3) is 11.4 Å². The molecule has 0 saturated carbocycles. The quantitative estimate of drug-likeness (QED) is 0.518. The molecule has 2 aromatic rings. The molecule has 0 aliphatic rings. The summed E-state index contributed by atoms with van der Waals surface area (Å²) in [6, 6.07) is 6.10. The molecular formula is C18H20F3N3O3. The van der Waals surface area contributed by atoms with Gasteiger partial charge in [0, 0.05) is 12.0 Å². The first-order valence-corrected chi connectivity index (χ1v) is 8.26. The maximum atomic E-state index is 12.5. The Kier molecular flexibility index (Phi) is 6.73. The van der Waals surface area contributed by atoms with Gasteiger partial charge in [0.05, 0.1) is 13.2 Å². The summed E-state index contributed by atoms with van der Waals surface area (Å²) in [5.41, 5.74) is 1.12. The van der Waals surface area contributed by atoms with Crippen molar-refractivity contribution in [1.29, 1.82) is 0 Å². The predicted octanol–water partition coefficient (Wildman–Crippen LogP) is 4.56. The van der Waals surface area contributed by atoms with Crippen LogP contribution in [0.2, 0.25) is 0 Å². The third-order valence-corrected chi connectivity index (χ3v) is 3.87. The Bertz CT molecular complexity index is 785. The van der Waals surface area contributed by atoms with Crippen LogP contribution in [0.3, 0.4) is 0 Å². The number of hydrogen-bond donors (Lipinski definition) is 0. The molecule has 1 atom stereocenters. The molecule has 146 valence electrons. The third-order valence-electron chi connectivity index (χ3n) is 3.87. The lowest BCUT2D eigenvalue weighted by atomic mass is 10.1. The number of hydrogen-bond acceptors (Lipinski definition) is 5. The molecular weight excluding hydrogens is 363 g/mol. The average molecular weight is 383 g/mol. The van der Waals surface area contributed by atoms with E-state index in [-0.39, 0.29) is 17.8 Å². The molecule has 9 heteroatoms. The van der Waals surface area contributed by atoms with Crippen LogP contribution >= 0.6 is 0 Å². The number of carbonyl (C=O) groups is 1. The first-order chi connectivity index (χ1) is 12.8. The van der Waals surface area contributed by atoms with Crippen molar-refractivity contribution >= 4 is 5.91 Å². The van der Waals surface area contributed by atoms with Crippen LogP contribution in [0.4, 0.5) is 13.2 Å². The zero-order valence-corrected chi connectivity index (χ0v) is 15.2. The summed E-state index contributed by atoms with van der Waals surface area (Å²) in [7, 11) is 1.41. The van der Waals surface area contributed by atoms with E-state index in [0.29, 0.717) is 18.4 Å². The van der Waals surface area contributed by atoms with E-state index in [4.69, 9.17) is 4.84 Å². The standard InChI is InChI=1S/C18H20F3N3O3/c1-4-5-6-7-15(25)24(26-3)12(2)13-8-10-14(11-9-13)16-22-17(27-23-16)18(19,20)21/h4-5,8-12H,6-7H2,1-3H3/b5-4+. The topological polar surface area (TPSA) is 68.5 Å². The summed E-state index contributed by atoms with van der Waals surface area (Å²) in [5.74, 6) is -1.72. The highest BCUT2D eigenvalue weighted by atomic mass is 19.4. The van der Waals surface area contributed by atoms with Gasteiger partial charge in [-0.25, -0.2) is 5.06 Å². The fourth-order valence-corrected chi connectivity index (χ4v) is 2.46. The van der Waals surface area contributed by atoms with Crippen molar-refractivity contribution in [2.24, 2.45) is 0 Å². The van der Waals surface area contributed by atoms with Crippen molar-refractivity contribution in [2.45, 2.75) is 38.9 Å². The molecule has 6 nitrogen and oxygen atoms in total. The maximum Gasteiger partial charge on any atom is 0.471 e. The van der Waals surface area contributed by atoms with Crippen LogP contribution in [0.5, 0.6) is 0 Å². The number of aromatic nitrogens is 2. The third kappa shape index (κ3) is 5.16. The molecule has 0 aliphatic carbocycles. The lowest BCUT2D eigenvalue weighted by molar-refractivity contribution is -0.187. The van der Waals surface area contributed by atoms with Crippen molar-refractivity contribution < 1.29 is 27.3 Å². The van der Waals surface area contributed by atoms with Crippen molar-refractivity contribution in [3.63, 3.8) is 0 Å². The fraction of sp³-hybridized carbons (Fsp3) is 0.389. The monoisotopic (exact) mass is 383 g/mol. The van der Waals surface area contributed by atoms with Gasteiger partial charge in [0.25, 0.3) is 0 Å². The van der Waals surface area contributed by atoms with Gasteiger partial charge in [-0.3, -0.25) is 9.63 Å². The van der Waals surface area contributed by atoms with Gasteiger partial charge in [-0.2, -0.15) is 18.2 Å². The summed E-state index contributed by atoms with van der Waals surface area (Å²) in [6.45, 7) is 3.67. The van der Waals surface area contributed by atoms with Gasteiger partial charge in [-0.1, -0.05) is 41.6 Å². The fourth-order valence-electron chi connectivity index (χ4n) is 2.46. The van der Waals surface area contributed by atoms with E-state index in [0.717, 1.165) is 5.56 Å². The van der Waals surface area contributed by atoms with Crippen LogP contribution in [-0.2, 0) is 15.8 Å². The molecule has 0 N–H and O–H groups in total. The predicted molar refractivity (Wildman–Crippen MR) is 91.1 cm³/mol. The van der Waals surface area contributed by atoms with Gasteiger partial charge in [0.1, 0.15) is 0 Å². The van der Waals surface area contributed by atoms with Gasteiger partial charge in [0.2, 0.25) is 11.7 Å². The number of benzene rings is 1. The smallest absolute Gasteiger partial charge is 0.329 e. The second-order valence-electron chi connectivity index (χ2n) is 5.73. The molecule has 1 aromatic heterocycles. The maximum absolute atomic E-state index is 12.5. The van der Waals surface area contributed by atoms with E-state index >= 15 is 0 Å². The largest absolute Gasteiger partial charge is 0.471 e. The zero-order chi connectivity index (χ0) is 20.0. The number of alkyl halides is 3. The van der Waals surface area contributed by atoms with E-state index in [9.17, 15) is 18.0 Å². The first-order valence-electron chi connectivity index (χ1n) is 8.26. The highest BCUT2D eigenvalue weighted by molar-refractivity contribution is 5.75. The Hall–Kier alpha value is -2.68. The molecule has 2 rings (SSSR count). The van der Waals surface area contributed by atoms with Crippen LogP contribution in [0.15, 0.2) is 40.9 Å². The Balaban J connectivity index is 2.13. The minimum absolute atomic E-state index is 0.160. The molecule has 1 unspecified atom stereocenters. The Morgan fingerprint density at radius 2 is 2.00 bits per heavy atom. The Labute approximate surface area is 154 Å². The van der Waals surface area contributed by atoms with Crippen molar-refractivity contribution in [3.05, 3.63) is 47.9 Å². The van der Waals surface area contributed by atoms with E-state index in [1.165, 1.54) is 12.2 Å². The van der Waals surface area contributed by atoms with Crippen LogP contribution < -0.4 is 0 Å². The molecule has 0 bridgehead atoms. The average Bonchev–Trinajstić information content (AvgIpc) is 3.13. The number of rotatable bonds is 7. The second-order valence-corrected chi connectivity index (χ2v) is 5.73. The number of hydroxylamine groups is 2. The number of nitrogens with zero attached hydrogens (tertiary/aromatic N) is 3. The molecule has 1 amide bonds. The van der Waals surface area contributed by atoms with Crippen molar-refractivity contribution in [1.82, 2.24) is 15.2 Å². The minimum atomic E-state index is -4.69. The summed E-state index contributed by atoms with van der Waals surface area (Å²) in [4.78, 5) is 20.8. The van der Waals surface area contributed by atoms with Crippen LogP contribution in [0, 0.1) is 0 Å². The zero-order valence-electron chi connectivity index (χ0n) is 15.2. The van der Waals surface area contributed by atoms with Gasteiger partial charge >= 0.3 is 12.1 Å². The van der Waals surface area contributed by atoms with Crippen LogP contribution in [-0.4, -0.2) is 28.2 Å². The number of carbonyl (C=O) groups excluding carboxylic acids is 1. The minimum Gasteiger partial charge on any atom is -0.329 e. The lowest BCUT2D eigenvalue weighted by Gasteiger charge is -2.27. The second kappa shape index (κ2) is 8.81. The van der Waals surface area contributed by atoms with Gasteiger partial charge in [-0.15, -0.1) is 0 Å². The highest BCUT2D eigenvalue weighted by Gasteiger charge is 2.38. The summed E-state index contributed by atoms with van der Waals surface area (Å²) < 4.78 is 41.9. The molecule has 0 spiro atoms. The van der Waals surface area contributed by atoms with Gasteiger partial charge in [-0.05, 0) is 25.8 Å². The summed E-state index contributed by atoms with van der Waals surface area (Å²) in [6.07, 6.45) is -0.00404. The first kappa shape index (κ1) is 20.6. The number of amides is 1. The molecule has 1 heterocycles. The van der Waals surface area contributed by atoms with E-state index in [2.05, 4.69) is 14.7 Å². The van der Waals surface area contributed by atoms with Crippen LogP contribution in [0.1, 0.15) is 44.2 Å². The molecule has 0 fully saturated rings. The molecule has 0 aliphatic heterocycles. The normalized spacial score (nSPS) is 13.1. The van der Waals surface area contributed by atoms with Gasteiger partial charge < -0.3 is 4.52 Å². The van der Waals surface area contributed by atoms with Crippen molar-refractivity contribution in [2.75, 3.05) is 7.11 Å². The molecule has 0 saturated heterocycles. The van der Waals surface area contributed by atoms with Crippen molar-refractivity contribution in [3.8, 4) is 11.4 Å². The Morgan fingerprint density at radius 3 is 2.52 bits per heavy atom. The van der Waals surface area contributed by atoms with Gasteiger partial charge in [0.15, 0.2) is 0 Å². The highest BCUT2D eigenvalue weighted by Crippen LogP contribution is 2.30. The molecule has 1 aromatic carbocycles.